The van der Waals surface area contributed by atoms with Gasteiger partial charge in [0.25, 0.3) is 5.91 Å². The molecule has 0 saturated carbocycles. The van der Waals surface area contributed by atoms with Gasteiger partial charge in [0, 0.05) is 36.3 Å². The quantitative estimate of drug-likeness (QED) is 0.410. The van der Waals surface area contributed by atoms with E-state index in [-0.39, 0.29) is 11.4 Å². The number of hydrazine groups is 1. The highest BCUT2D eigenvalue weighted by molar-refractivity contribution is 6.04. The van der Waals surface area contributed by atoms with E-state index >= 15 is 0 Å². The maximum Gasteiger partial charge on any atom is 0.416 e. The Kier molecular flexibility index (Phi) is 6.21. The molecule has 0 fully saturated rings. The number of aryl methyl sites for hydroxylation is 2. The number of anilines is 2. The normalized spacial score (nSPS) is 12.0. The van der Waals surface area contributed by atoms with E-state index in [4.69, 9.17) is 11.6 Å². The van der Waals surface area contributed by atoms with Crippen molar-refractivity contribution in [2.45, 2.75) is 20.0 Å². The molecule has 0 radical (unpaired) electrons. The molecule has 2 heterocycles. The molecule has 3 rings (SSSR count). The van der Waals surface area contributed by atoms with Crippen LogP contribution >= 0.6 is 0 Å². The summed E-state index contributed by atoms with van der Waals surface area (Å²) in [7, 11) is 1.79. The monoisotopic (exact) mass is 445 g/mol. The second-order valence-corrected chi connectivity index (χ2v) is 7.14. The molecule has 0 aliphatic heterocycles. The topological polar surface area (TPSA) is 115 Å². The number of nitrogens with one attached hydrogen (secondary N) is 1. The molecule has 168 valence electrons. The number of pyridine rings is 1. The molecule has 0 saturated heterocycles. The number of amides is 1. The van der Waals surface area contributed by atoms with Crippen LogP contribution in [0.25, 0.3) is 5.70 Å². The van der Waals surface area contributed by atoms with Gasteiger partial charge in [-0.05, 0) is 43.7 Å². The molecule has 3 aromatic rings. The molecular weight excluding hydrogens is 423 g/mol. The predicted molar refractivity (Wildman–Crippen MR) is 115 cm³/mol. The van der Waals surface area contributed by atoms with Crippen molar-refractivity contribution in [2.24, 2.45) is 18.6 Å². The van der Waals surface area contributed by atoms with E-state index in [1.54, 1.807) is 30.9 Å². The van der Waals surface area contributed by atoms with Gasteiger partial charge in [0.15, 0.2) is 0 Å². The summed E-state index contributed by atoms with van der Waals surface area (Å²) in [6.45, 7) is 3.66. The fourth-order valence-electron chi connectivity index (χ4n) is 2.96. The minimum absolute atomic E-state index is 0.185. The molecule has 8 nitrogen and oxygen atoms in total. The van der Waals surface area contributed by atoms with Crippen molar-refractivity contribution in [2.75, 3.05) is 10.3 Å². The highest BCUT2D eigenvalue weighted by Gasteiger charge is 2.30. The summed E-state index contributed by atoms with van der Waals surface area (Å²) in [6, 6.07) is 6.31. The molecule has 0 unspecified atom stereocenters. The van der Waals surface area contributed by atoms with E-state index < -0.39 is 17.6 Å². The fraction of sp³-hybridized carbons (Fsp3) is 0.190. The molecule has 11 heteroatoms. The molecular formula is C21H22F3N7O. The van der Waals surface area contributed by atoms with Gasteiger partial charge in [-0.25, -0.2) is 10.8 Å². The molecule has 2 aromatic heterocycles. The van der Waals surface area contributed by atoms with E-state index in [0.29, 0.717) is 16.9 Å². The Morgan fingerprint density at radius 3 is 2.56 bits per heavy atom. The van der Waals surface area contributed by atoms with Gasteiger partial charge < -0.3 is 11.1 Å². The van der Waals surface area contributed by atoms with E-state index in [0.717, 1.165) is 29.6 Å². The summed E-state index contributed by atoms with van der Waals surface area (Å²) in [5.74, 6) is 5.31. The highest BCUT2D eigenvalue weighted by atomic mass is 19.4. The number of halogens is 3. The number of benzene rings is 1. The van der Waals surface area contributed by atoms with Crippen LogP contribution in [0.2, 0.25) is 0 Å². The van der Waals surface area contributed by atoms with Crippen molar-refractivity contribution >= 4 is 23.1 Å². The van der Waals surface area contributed by atoms with Gasteiger partial charge in [0.1, 0.15) is 5.82 Å². The second kappa shape index (κ2) is 8.71. The Hall–Kier alpha value is -3.86. The Morgan fingerprint density at radius 1 is 1.22 bits per heavy atom. The van der Waals surface area contributed by atoms with Crippen LogP contribution in [0.15, 0.2) is 48.9 Å². The standard InChI is InChI=1S/C21H22F3N7O/c1-12-4-5-14(20(32)29-19-9-15(6-7-27-19)21(22,23)24)8-18(12)31(26)11-17(25)16-10-28-30(3)13(16)2/h4-11H,25-26H2,1-3H3,(H,27,29,32)/b17-11-. The number of carbonyl (C=O) groups is 1. The Bertz CT molecular complexity index is 1180. The smallest absolute Gasteiger partial charge is 0.397 e. The maximum atomic E-state index is 12.9. The summed E-state index contributed by atoms with van der Waals surface area (Å²) in [6.07, 6.45) is -0.441. The first-order valence-corrected chi connectivity index (χ1v) is 9.43. The molecule has 0 bridgehead atoms. The van der Waals surface area contributed by atoms with E-state index in [9.17, 15) is 18.0 Å². The molecule has 0 atom stereocenters. The highest BCUT2D eigenvalue weighted by Crippen LogP contribution is 2.30. The zero-order valence-electron chi connectivity index (χ0n) is 17.6. The molecule has 0 aliphatic rings. The molecule has 0 aliphatic carbocycles. The maximum absolute atomic E-state index is 12.9. The van der Waals surface area contributed by atoms with Crippen LogP contribution in [0.3, 0.4) is 0 Å². The minimum Gasteiger partial charge on any atom is -0.397 e. The summed E-state index contributed by atoms with van der Waals surface area (Å²) < 4.78 is 40.3. The first kappa shape index (κ1) is 22.8. The van der Waals surface area contributed by atoms with Crippen LogP contribution in [0.4, 0.5) is 24.7 Å². The lowest BCUT2D eigenvalue weighted by Crippen LogP contribution is -2.27. The van der Waals surface area contributed by atoms with Gasteiger partial charge >= 0.3 is 6.18 Å². The fourth-order valence-corrected chi connectivity index (χ4v) is 2.96. The van der Waals surface area contributed by atoms with Crippen LogP contribution in [0.1, 0.15) is 32.7 Å². The van der Waals surface area contributed by atoms with Gasteiger partial charge in [-0.1, -0.05) is 6.07 Å². The van der Waals surface area contributed by atoms with Crippen molar-refractivity contribution < 1.29 is 18.0 Å². The Morgan fingerprint density at radius 2 is 1.94 bits per heavy atom. The average Bonchev–Trinajstić information content (AvgIpc) is 3.06. The lowest BCUT2D eigenvalue weighted by Gasteiger charge is -2.19. The Balaban J connectivity index is 1.84. The molecule has 1 amide bonds. The number of nitrogens with zero attached hydrogens (tertiary/aromatic N) is 4. The van der Waals surface area contributed by atoms with Crippen molar-refractivity contribution in [1.29, 1.82) is 0 Å². The minimum atomic E-state index is -4.54. The van der Waals surface area contributed by atoms with Crippen LogP contribution in [0, 0.1) is 13.8 Å². The van der Waals surface area contributed by atoms with Gasteiger partial charge in [0.05, 0.1) is 23.1 Å². The number of alkyl halides is 3. The van der Waals surface area contributed by atoms with E-state index in [1.807, 2.05) is 6.92 Å². The van der Waals surface area contributed by atoms with Crippen molar-refractivity contribution in [3.63, 3.8) is 0 Å². The van der Waals surface area contributed by atoms with Gasteiger partial charge in [0.2, 0.25) is 0 Å². The number of hydrogen-bond acceptors (Lipinski definition) is 6. The largest absolute Gasteiger partial charge is 0.416 e. The summed E-state index contributed by atoms with van der Waals surface area (Å²) in [5, 5.41) is 7.79. The first-order chi connectivity index (χ1) is 15.0. The van der Waals surface area contributed by atoms with Gasteiger partial charge in [-0.2, -0.15) is 18.3 Å². The summed E-state index contributed by atoms with van der Waals surface area (Å²) in [4.78, 5) is 16.4. The van der Waals surface area contributed by atoms with E-state index in [1.165, 1.54) is 23.3 Å². The molecule has 0 spiro atoms. The Labute approximate surface area is 182 Å². The van der Waals surface area contributed by atoms with Crippen LogP contribution in [-0.4, -0.2) is 20.7 Å². The molecule has 1 aromatic carbocycles. The SMILES string of the molecule is Cc1ccc(C(=O)Nc2cc(C(F)(F)F)ccn2)cc1N(N)/C=C(\N)c1cnn(C)c1C. The number of hydrogen-bond donors (Lipinski definition) is 3. The average molecular weight is 445 g/mol. The number of nitrogens with two attached hydrogens (primary N) is 2. The van der Waals surface area contributed by atoms with E-state index in [2.05, 4.69) is 15.4 Å². The third-order valence-electron chi connectivity index (χ3n) is 4.90. The molecule has 32 heavy (non-hydrogen) atoms. The zero-order valence-corrected chi connectivity index (χ0v) is 17.6. The number of rotatable bonds is 5. The van der Waals surface area contributed by atoms with Crippen LogP contribution in [0.5, 0.6) is 0 Å². The predicted octanol–water partition coefficient (Wildman–Crippen LogP) is 3.34. The van der Waals surface area contributed by atoms with Crippen molar-refractivity contribution in [3.05, 3.63) is 76.9 Å². The van der Waals surface area contributed by atoms with Crippen LogP contribution < -0.4 is 21.9 Å². The zero-order chi connectivity index (χ0) is 23.6. The van der Waals surface area contributed by atoms with Gasteiger partial charge in [-0.15, -0.1) is 0 Å². The van der Waals surface area contributed by atoms with Crippen LogP contribution in [-0.2, 0) is 13.2 Å². The third-order valence-corrected chi connectivity index (χ3v) is 4.90. The summed E-state index contributed by atoms with van der Waals surface area (Å²) in [5.41, 5.74) is 8.61. The van der Waals surface area contributed by atoms with Crippen molar-refractivity contribution in [3.8, 4) is 0 Å². The van der Waals surface area contributed by atoms with Gasteiger partial charge in [-0.3, -0.25) is 14.5 Å². The lowest BCUT2D eigenvalue weighted by molar-refractivity contribution is -0.137. The number of aromatic nitrogens is 3. The second-order valence-electron chi connectivity index (χ2n) is 7.14. The molecule has 5 N–H and O–H groups in total. The van der Waals surface area contributed by atoms with Crippen molar-refractivity contribution in [1.82, 2.24) is 14.8 Å². The lowest BCUT2D eigenvalue weighted by atomic mass is 10.1. The number of carbonyl (C=O) groups excluding carboxylic acids is 1. The first-order valence-electron chi connectivity index (χ1n) is 9.43. The summed E-state index contributed by atoms with van der Waals surface area (Å²) >= 11 is 0. The third kappa shape index (κ3) is 4.89.